The Hall–Kier alpha value is -2.43. The number of sulfonamides is 2. The molecule has 1 atom stereocenters. The van der Waals surface area contributed by atoms with Crippen molar-refractivity contribution in [2.45, 2.75) is 34.9 Å². The second-order valence-corrected chi connectivity index (χ2v) is 12.4. The second-order valence-electron chi connectivity index (χ2n) is 7.12. The number of hydrogen-bond donors (Lipinski definition) is 2. The van der Waals surface area contributed by atoms with Gasteiger partial charge in [-0.1, -0.05) is 22.8 Å². The lowest BCUT2D eigenvalue weighted by molar-refractivity contribution is -0.245. The average molecular weight is 630 g/mol. The molecule has 218 valence electrons. The number of likely N-dealkylation sites (N-methyl/N-ethyl adjacent to an activating group) is 1. The minimum atomic E-state index is -7.90. The molecule has 1 aromatic carbocycles. The van der Waals surface area contributed by atoms with Crippen LogP contribution < -0.4 is 13.6 Å². The topological polar surface area (TPSA) is 153 Å². The van der Waals surface area contributed by atoms with Gasteiger partial charge in [-0.05, 0) is 37.2 Å². The Bertz CT molecular complexity index is 1410. The van der Waals surface area contributed by atoms with E-state index in [9.17, 15) is 69.6 Å². The zero-order chi connectivity index (χ0) is 30.3. The molecular formula is C16H15F9N2O8S3. The first kappa shape index (κ1) is 33.6. The van der Waals surface area contributed by atoms with Crippen LogP contribution in [0, 0.1) is 0 Å². The van der Waals surface area contributed by atoms with Crippen molar-refractivity contribution >= 4 is 35.9 Å². The number of ketones is 1. The fourth-order valence-corrected chi connectivity index (χ4v) is 5.72. The fourth-order valence-electron chi connectivity index (χ4n) is 2.33. The number of halogens is 9. The van der Waals surface area contributed by atoms with E-state index in [0.29, 0.717) is 12.1 Å². The molecular weight excluding hydrogens is 615 g/mol. The van der Waals surface area contributed by atoms with E-state index in [2.05, 4.69) is 16.1 Å². The van der Waals surface area contributed by atoms with Gasteiger partial charge in [-0.3, -0.25) is 4.79 Å². The minimum absolute atomic E-state index is 0.0249. The first-order valence-electron chi connectivity index (χ1n) is 9.09. The summed E-state index contributed by atoms with van der Waals surface area (Å²) in [5, 5.41) is -12.2. The molecule has 2 N–H and O–H groups in total. The molecule has 0 aromatic heterocycles. The van der Waals surface area contributed by atoms with E-state index >= 15 is 0 Å². The molecule has 38 heavy (non-hydrogen) atoms. The molecule has 0 saturated carbocycles. The zero-order valence-corrected chi connectivity index (χ0v) is 20.9. The maximum Gasteiger partial charge on any atom is 0.512 e. The largest absolute Gasteiger partial charge is 0.512 e. The Morgan fingerprint density at radius 2 is 1.29 bits per heavy atom. The maximum atomic E-state index is 14.1. The van der Waals surface area contributed by atoms with Crippen molar-refractivity contribution in [3.63, 3.8) is 0 Å². The summed E-state index contributed by atoms with van der Waals surface area (Å²) in [6.45, 7) is 4.71. The normalized spacial score (nSPS) is 15.1. The standard InChI is InChI=1S/C16H15F9N2O8S3/c1-8(2)12(28)11(26-3)9-4-6-10(7-5-9)35-38(33,34)15(21,22)13(17,18)14(19,20)36(29,30)27-37(31,32)16(23,24)25/h4-7,11,26-27H,1H2,2-3H3. The van der Waals surface area contributed by atoms with Crippen molar-refractivity contribution < 1.29 is 73.7 Å². The Morgan fingerprint density at radius 3 is 1.66 bits per heavy atom. The van der Waals surface area contributed by atoms with Crippen LogP contribution in [0.3, 0.4) is 0 Å². The van der Waals surface area contributed by atoms with E-state index in [1.807, 2.05) is 0 Å². The van der Waals surface area contributed by atoms with Crippen molar-refractivity contribution in [2.24, 2.45) is 0 Å². The number of carbonyl (C=O) groups is 1. The number of rotatable bonds is 12. The van der Waals surface area contributed by atoms with Gasteiger partial charge in [0.25, 0.3) is 10.0 Å². The van der Waals surface area contributed by atoms with Gasteiger partial charge in [-0.25, -0.2) is 16.8 Å². The second kappa shape index (κ2) is 10.3. The third-order valence-corrected chi connectivity index (χ3v) is 8.89. The summed E-state index contributed by atoms with van der Waals surface area (Å²) in [5.74, 6) is -9.45. The highest BCUT2D eigenvalue weighted by Gasteiger charge is 2.83. The third kappa shape index (κ3) is 5.92. The van der Waals surface area contributed by atoms with Crippen molar-refractivity contribution in [3.8, 4) is 5.75 Å². The highest BCUT2D eigenvalue weighted by atomic mass is 32.3. The lowest BCUT2D eigenvalue weighted by atomic mass is 9.99. The van der Waals surface area contributed by atoms with Crippen molar-refractivity contribution in [2.75, 3.05) is 7.05 Å². The van der Waals surface area contributed by atoms with Crippen LogP contribution in [0.2, 0.25) is 0 Å². The molecule has 10 nitrogen and oxygen atoms in total. The van der Waals surface area contributed by atoms with Crippen LogP contribution >= 0.6 is 0 Å². The van der Waals surface area contributed by atoms with Gasteiger partial charge in [-0.2, -0.15) is 47.9 Å². The predicted octanol–water partition coefficient (Wildman–Crippen LogP) is 2.39. The van der Waals surface area contributed by atoms with Crippen LogP contribution in [0.15, 0.2) is 36.4 Å². The summed E-state index contributed by atoms with van der Waals surface area (Å²) in [6.07, 6.45) is 0. The molecule has 0 aliphatic rings. The molecule has 0 spiro atoms. The van der Waals surface area contributed by atoms with Gasteiger partial charge in [0.15, 0.2) is 5.78 Å². The number of alkyl halides is 9. The van der Waals surface area contributed by atoms with Crippen molar-refractivity contribution in [1.29, 1.82) is 0 Å². The Kier molecular flexibility index (Phi) is 9.09. The van der Waals surface area contributed by atoms with Gasteiger partial charge in [-0.15, -0.1) is 0 Å². The van der Waals surface area contributed by atoms with E-state index in [1.54, 1.807) is 0 Å². The van der Waals surface area contributed by atoms with Crippen LogP contribution in [0.25, 0.3) is 0 Å². The zero-order valence-electron chi connectivity index (χ0n) is 18.5. The predicted molar refractivity (Wildman–Crippen MR) is 109 cm³/mol. The lowest BCUT2D eigenvalue weighted by Gasteiger charge is -2.31. The van der Waals surface area contributed by atoms with Crippen LogP contribution in [-0.4, -0.2) is 60.0 Å². The molecule has 0 radical (unpaired) electrons. The number of carbonyl (C=O) groups excluding carboxylic acids is 1. The summed E-state index contributed by atoms with van der Waals surface area (Å²) >= 11 is 0. The van der Waals surface area contributed by atoms with Gasteiger partial charge in [0.1, 0.15) is 5.75 Å². The Balaban J connectivity index is 3.42. The number of Topliss-reactive ketones (excluding diaryl/α,β-unsaturated/α-hetero) is 1. The molecule has 0 aliphatic carbocycles. The van der Waals surface area contributed by atoms with Gasteiger partial charge < -0.3 is 9.50 Å². The number of nitrogens with one attached hydrogen (secondary N) is 2. The molecule has 1 rings (SSSR count). The van der Waals surface area contributed by atoms with E-state index in [-0.39, 0.29) is 11.1 Å². The van der Waals surface area contributed by atoms with Crippen LogP contribution in [0.1, 0.15) is 18.5 Å². The first-order valence-corrected chi connectivity index (χ1v) is 13.5. The lowest BCUT2D eigenvalue weighted by Crippen LogP contribution is -2.64. The molecule has 0 amide bonds. The van der Waals surface area contributed by atoms with E-state index < -0.39 is 73.8 Å². The summed E-state index contributed by atoms with van der Waals surface area (Å²) in [7, 11) is -21.2. The Morgan fingerprint density at radius 1 is 0.842 bits per heavy atom. The van der Waals surface area contributed by atoms with Crippen molar-refractivity contribution in [1.82, 2.24) is 9.44 Å². The molecule has 1 unspecified atom stereocenters. The minimum Gasteiger partial charge on any atom is -0.378 e. The van der Waals surface area contributed by atoms with E-state index in [1.165, 1.54) is 14.0 Å². The smallest absolute Gasteiger partial charge is 0.378 e. The Labute approximate surface area is 209 Å². The van der Waals surface area contributed by atoms with E-state index in [4.69, 9.17) is 0 Å². The van der Waals surface area contributed by atoms with Gasteiger partial charge >= 0.3 is 42.1 Å². The summed E-state index contributed by atoms with van der Waals surface area (Å²) < 4.78 is 191. The van der Waals surface area contributed by atoms with E-state index in [0.717, 1.165) is 12.1 Å². The number of benzene rings is 1. The first-order chi connectivity index (χ1) is 16.7. The summed E-state index contributed by atoms with van der Waals surface area (Å²) in [5.41, 5.74) is -6.62. The maximum absolute atomic E-state index is 14.1. The molecule has 1 aromatic rings. The summed E-state index contributed by atoms with van der Waals surface area (Å²) in [6, 6.07) is 1.60. The monoisotopic (exact) mass is 630 g/mol. The van der Waals surface area contributed by atoms with Gasteiger partial charge in [0.05, 0.1) is 6.04 Å². The molecule has 0 saturated heterocycles. The number of hydrogen-bond acceptors (Lipinski definition) is 9. The quantitative estimate of drug-likeness (QED) is 0.201. The van der Waals surface area contributed by atoms with Crippen LogP contribution in [0.5, 0.6) is 5.75 Å². The van der Waals surface area contributed by atoms with Gasteiger partial charge in [0.2, 0.25) is 0 Å². The molecule has 22 heteroatoms. The third-order valence-electron chi connectivity index (χ3n) is 4.30. The molecule has 0 fully saturated rings. The molecule has 0 heterocycles. The highest BCUT2D eigenvalue weighted by Crippen LogP contribution is 2.51. The van der Waals surface area contributed by atoms with Gasteiger partial charge in [0, 0.05) is 0 Å². The highest BCUT2D eigenvalue weighted by molar-refractivity contribution is 8.05. The molecule has 0 bridgehead atoms. The molecule has 0 aliphatic heterocycles. The summed E-state index contributed by atoms with van der Waals surface area (Å²) in [4.78, 5) is 12.0. The van der Waals surface area contributed by atoms with Crippen LogP contribution in [0.4, 0.5) is 39.5 Å². The SMILES string of the molecule is C=C(C)C(=O)C(NC)c1ccc(OS(=O)(=O)C(F)(F)C(F)(F)C(F)(F)S(=O)(=O)NS(=O)(=O)C(F)(F)F)cc1. The van der Waals surface area contributed by atoms with Crippen LogP contribution in [-0.2, 0) is 35.0 Å². The average Bonchev–Trinajstić information content (AvgIpc) is 2.72. The fraction of sp³-hybridized carbons (Fsp3) is 0.438. The van der Waals surface area contributed by atoms with Crippen molar-refractivity contribution in [3.05, 3.63) is 42.0 Å².